The van der Waals surface area contributed by atoms with Gasteiger partial charge in [0.15, 0.2) is 17.5 Å². The van der Waals surface area contributed by atoms with Crippen molar-refractivity contribution in [1.29, 1.82) is 0 Å². The molecule has 14 rings (SSSR count). The van der Waals surface area contributed by atoms with E-state index < -0.39 is 0 Å². The first-order valence-corrected chi connectivity index (χ1v) is 24.8. The van der Waals surface area contributed by atoms with Crippen LogP contribution in [-0.4, -0.2) is 19.5 Å². The first kappa shape index (κ1) is 42.1. The molecule has 14 aromatic rings. The molecule has 0 fully saturated rings. The van der Waals surface area contributed by atoms with E-state index in [4.69, 9.17) is 15.0 Å². The predicted octanol–water partition coefficient (Wildman–Crippen LogP) is 18.1. The molecule has 4 heteroatoms. The summed E-state index contributed by atoms with van der Waals surface area (Å²) in [6, 6.07) is 95.7. The molecule has 12 aromatic carbocycles. The fourth-order valence-corrected chi connectivity index (χ4v) is 10.9. The van der Waals surface area contributed by atoms with Crippen molar-refractivity contribution in [2.75, 3.05) is 0 Å². The zero-order valence-electron chi connectivity index (χ0n) is 39.7. The van der Waals surface area contributed by atoms with Gasteiger partial charge in [-0.15, -0.1) is 0 Å². The zero-order chi connectivity index (χ0) is 48.2. The molecule has 0 aliphatic carbocycles. The topological polar surface area (TPSA) is 43.6 Å². The van der Waals surface area contributed by atoms with Crippen LogP contribution in [0.3, 0.4) is 0 Å². The number of rotatable bonds is 8. The molecule has 0 saturated carbocycles. The van der Waals surface area contributed by atoms with Crippen LogP contribution in [0.4, 0.5) is 0 Å². The number of benzene rings is 12. The van der Waals surface area contributed by atoms with Gasteiger partial charge in [-0.3, -0.25) is 0 Å². The third kappa shape index (κ3) is 7.44. The summed E-state index contributed by atoms with van der Waals surface area (Å²) in [7, 11) is 0. The number of hydrogen-bond donors (Lipinski definition) is 0. The summed E-state index contributed by atoms with van der Waals surface area (Å²) in [5.41, 5.74) is 15.4. The fraction of sp³-hybridized carbons (Fsp3) is 0. The van der Waals surface area contributed by atoms with Crippen molar-refractivity contribution in [2.24, 2.45) is 0 Å². The van der Waals surface area contributed by atoms with E-state index in [0.717, 1.165) is 55.7 Å². The van der Waals surface area contributed by atoms with Gasteiger partial charge in [0.05, 0.1) is 11.0 Å². The average Bonchev–Trinajstić information content (AvgIpc) is 3.83. The minimum Gasteiger partial charge on any atom is -0.309 e. The molecule has 0 radical (unpaired) electrons. The van der Waals surface area contributed by atoms with E-state index in [1.807, 2.05) is 24.3 Å². The smallest absolute Gasteiger partial charge is 0.164 e. The van der Waals surface area contributed by atoms with Crippen molar-refractivity contribution in [2.45, 2.75) is 0 Å². The highest BCUT2D eigenvalue weighted by molar-refractivity contribution is 6.26. The summed E-state index contributed by atoms with van der Waals surface area (Å²) < 4.78 is 2.48. The minimum absolute atomic E-state index is 0.619. The maximum atomic E-state index is 5.13. The largest absolute Gasteiger partial charge is 0.309 e. The van der Waals surface area contributed by atoms with E-state index in [-0.39, 0.29) is 0 Å². The van der Waals surface area contributed by atoms with E-state index in [1.165, 1.54) is 65.3 Å². The molecule has 73 heavy (non-hydrogen) atoms. The Morgan fingerprint density at radius 3 is 1.14 bits per heavy atom. The number of hydrogen-bond acceptors (Lipinski definition) is 3. The maximum Gasteiger partial charge on any atom is 0.164 e. The summed E-state index contributed by atoms with van der Waals surface area (Å²) in [6.45, 7) is 0. The van der Waals surface area contributed by atoms with E-state index in [2.05, 4.69) is 247 Å². The molecule has 0 bridgehead atoms. The Morgan fingerprint density at radius 1 is 0.219 bits per heavy atom. The molecule has 4 nitrogen and oxygen atoms in total. The molecular formula is C69H44N4. The van der Waals surface area contributed by atoms with Crippen LogP contribution < -0.4 is 0 Å². The Morgan fingerprint density at radius 2 is 0.603 bits per heavy atom. The molecule has 340 valence electrons. The van der Waals surface area contributed by atoms with Gasteiger partial charge >= 0.3 is 0 Å². The summed E-state index contributed by atoms with van der Waals surface area (Å²) in [4.78, 5) is 15.2. The molecular weight excluding hydrogens is 885 g/mol. The van der Waals surface area contributed by atoms with Crippen molar-refractivity contribution in [3.63, 3.8) is 0 Å². The van der Waals surface area contributed by atoms with E-state index >= 15 is 0 Å². The first-order valence-electron chi connectivity index (χ1n) is 24.8. The van der Waals surface area contributed by atoms with Crippen LogP contribution >= 0.6 is 0 Å². The molecule has 0 aliphatic heterocycles. The second kappa shape index (κ2) is 17.6. The quantitative estimate of drug-likeness (QED) is 0.143. The molecule has 0 atom stereocenters. The average molecular weight is 929 g/mol. The van der Waals surface area contributed by atoms with Crippen LogP contribution in [0, 0.1) is 0 Å². The lowest BCUT2D eigenvalue weighted by Crippen LogP contribution is -2.00. The van der Waals surface area contributed by atoms with Crippen LogP contribution in [0.25, 0.3) is 138 Å². The van der Waals surface area contributed by atoms with Gasteiger partial charge < -0.3 is 4.57 Å². The second-order valence-electron chi connectivity index (χ2n) is 18.7. The van der Waals surface area contributed by atoms with Gasteiger partial charge in [0.1, 0.15) is 0 Å². The monoisotopic (exact) mass is 928 g/mol. The highest BCUT2D eigenvalue weighted by Gasteiger charge is 2.21. The lowest BCUT2D eigenvalue weighted by Gasteiger charge is -2.15. The van der Waals surface area contributed by atoms with Gasteiger partial charge in [0.2, 0.25) is 0 Å². The summed E-state index contributed by atoms with van der Waals surface area (Å²) in [5, 5.41) is 9.94. The van der Waals surface area contributed by atoms with Gasteiger partial charge in [-0.05, 0) is 113 Å². The fourth-order valence-electron chi connectivity index (χ4n) is 10.9. The third-order valence-corrected chi connectivity index (χ3v) is 14.4. The van der Waals surface area contributed by atoms with Crippen LogP contribution in [0.1, 0.15) is 0 Å². The van der Waals surface area contributed by atoms with Crippen molar-refractivity contribution in [1.82, 2.24) is 19.5 Å². The third-order valence-electron chi connectivity index (χ3n) is 14.4. The SMILES string of the molecule is c1ccc(-c2ccc(-c3nc(-c4ccccc4)nc(-c4ccc(-c5cc(-c6ccccc6)c6c7cc(-c8ccccc8)ccc7n(-c7ccc8c9ccccc9c9ccccc9c8c7)c6c5)cc4)n3)cc2)cc1. The maximum absolute atomic E-state index is 5.13. The second-order valence-corrected chi connectivity index (χ2v) is 18.7. The Labute approximate surface area is 422 Å². The van der Waals surface area contributed by atoms with Crippen molar-refractivity contribution < 1.29 is 0 Å². The molecule has 2 heterocycles. The standard InChI is InChI=1S/C69H44N4/c1-5-17-45(18-6-1)47-29-33-51(34-30-47)68-70-67(50-23-11-4-12-24-50)71-69(72-68)52-35-31-48(32-36-52)54-42-61(49-21-9-3-10-22-49)66-63-41-53(46-19-7-2-8-20-46)37-40-64(63)73(65(66)43-54)55-38-39-60-58-27-14-13-25-56(58)57-26-15-16-28-59(57)62(60)44-55/h1-44H. The number of nitrogens with zero attached hydrogens (tertiary/aromatic N) is 4. The summed E-state index contributed by atoms with van der Waals surface area (Å²) in [5.74, 6) is 1.88. The zero-order valence-corrected chi connectivity index (χ0v) is 39.7. The first-order chi connectivity index (χ1) is 36.2. The lowest BCUT2D eigenvalue weighted by atomic mass is 9.93. The number of fused-ring (bicyclic) bond motifs is 9. The Balaban J connectivity index is 0.957. The molecule has 0 aliphatic rings. The molecule has 0 saturated heterocycles. The van der Waals surface area contributed by atoms with Crippen molar-refractivity contribution in [3.05, 3.63) is 267 Å². The van der Waals surface area contributed by atoms with Crippen molar-refractivity contribution in [3.8, 4) is 84.4 Å². The van der Waals surface area contributed by atoms with Gasteiger partial charge in [-0.1, -0.05) is 231 Å². The minimum atomic E-state index is 0.619. The summed E-state index contributed by atoms with van der Waals surface area (Å²) in [6.07, 6.45) is 0. The normalized spacial score (nSPS) is 11.6. The van der Waals surface area contributed by atoms with Crippen LogP contribution in [0.15, 0.2) is 267 Å². The van der Waals surface area contributed by atoms with Gasteiger partial charge in [-0.2, -0.15) is 0 Å². The van der Waals surface area contributed by atoms with Gasteiger partial charge in [0.25, 0.3) is 0 Å². The van der Waals surface area contributed by atoms with Crippen LogP contribution in [-0.2, 0) is 0 Å². The molecule has 2 aromatic heterocycles. The highest BCUT2D eigenvalue weighted by atomic mass is 15.0. The lowest BCUT2D eigenvalue weighted by molar-refractivity contribution is 1.07. The van der Waals surface area contributed by atoms with Crippen LogP contribution in [0.2, 0.25) is 0 Å². The van der Waals surface area contributed by atoms with Gasteiger partial charge in [0, 0.05) is 33.2 Å². The number of aromatic nitrogens is 4. The molecule has 0 amide bonds. The van der Waals surface area contributed by atoms with E-state index in [9.17, 15) is 0 Å². The van der Waals surface area contributed by atoms with Crippen LogP contribution in [0.5, 0.6) is 0 Å². The van der Waals surface area contributed by atoms with E-state index in [1.54, 1.807) is 0 Å². The predicted molar refractivity (Wildman–Crippen MR) is 305 cm³/mol. The van der Waals surface area contributed by atoms with E-state index in [0.29, 0.717) is 17.5 Å². The Kier molecular flexibility index (Phi) is 10.1. The Hall–Kier alpha value is -9.77. The van der Waals surface area contributed by atoms with Gasteiger partial charge in [-0.25, -0.2) is 15.0 Å². The summed E-state index contributed by atoms with van der Waals surface area (Å²) >= 11 is 0. The molecule has 0 N–H and O–H groups in total. The molecule has 0 spiro atoms. The molecule has 0 unspecified atom stereocenters. The Bertz CT molecular complexity index is 4340. The van der Waals surface area contributed by atoms with Crippen molar-refractivity contribution >= 4 is 54.1 Å². The highest BCUT2D eigenvalue weighted by Crippen LogP contribution is 2.44.